The van der Waals surface area contributed by atoms with Crippen LogP contribution in [0.25, 0.3) is 0 Å². The van der Waals surface area contributed by atoms with Gasteiger partial charge in [0, 0.05) is 31.7 Å². The number of hydrogen-bond acceptors (Lipinski definition) is 3. The third-order valence-corrected chi connectivity index (χ3v) is 2.95. The molecule has 0 radical (unpaired) electrons. The first-order valence-electron chi connectivity index (χ1n) is 6.07. The van der Waals surface area contributed by atoms with Crippen molar-refractivity contribution < 1.29 is 9.59 Å². The van der Waals surface area contributed by atoms with Crippen LogP contribution >= 0.6 is 12.4 Å². The summed E-state index contributed by atoms with van der Waals surface area (Å²) in [5.41, 5.74) is 7.29. The molecule has 0 aliphatic carbocycles. The minimum Gasteiger partial charge on any atom is -0.354 e. The molecule has 2 amide bonds. The molecule has 0 aromatic heterocycles. The van der Waals surface area contributed by atoms with Gasteiger partial charge in [-0.2, -0.15) is 0 Å². The van der Waals surface area contributed by atoms with Crippen molar-refractivity contribution in [2.75, 3.05) is 24.5 Å². The fraction of sp³-hybridized carbons (Fsp3) is 0.385. The number of carbonyl (C=O) groups is 2. The Hall–Kier alpha value is -1.59. The van der Waals surface area contributed by atoms with E-state index in [2.05, 4.69) is 5.32 Å². The number of amides is 2. The van der Waals surface area contributed by atoms with E-state index >= 15 is 0 Å². The van der Waals surface area contributed by atoms with Gasteiger partial charge >= 0.3 is 0 Å². The molecule has 2 rings (SSSR count). The molecule has 6 heteroatoms. The molecular formula is C13H18ClN3O2. The zero-order valence-electron chi connectivity index (χ0n) is 10.6. The smallest absolute Gasteiger partial charge is 0.231 e. The van der Waals surface area contributed by atoms with Crippen molar-refractivity contribution in [3.63, 3.8) is 0 Å². The highest BCUT2D eigenvalue weighted by Gasteiger charge is 2.25. The molecule has 0 spiro atoms. The molecule has 5 nitrogen and oxygen atoms in total. The van der Waals surface area contributed by atoms with Gasteiger partial charge in [-0.15, -0.1) is 12.4 Å². The van der Waals surface area contributed by atoms with Crippen LogP contribution < -0.4 is 16.0 Å². The van der Waals surface area contributed by atoms with Crippen LogP contribution in [0.1, 0.15) is 12.0 Å². The second-order valence-corrected chi connectivity index (χ2v) is 4.24. The van der Waals surface area contributed by atoms with Crippen molar-refractivity contribution in [1.82, 2.24) is 5.32 Å². The maximum atomic E-state index is 11.8. The van der Waals surface area contributed by atoms with E-state index in [-0.39, 0.29) is 24.2 Å². The molecule has 0 bridgehead atoms. The van der Waals surface area contributed by atoms with Gasteiger partial charge in [0.2, 0.25) is 11.8 Å². The number of rotatable bonds is 5. The van der Waals surface area contributed by atoms with Crippen LogP contribution in [-0.2, 0) is 16.0 Å². The number of para-hydroxylation sites is 1. The lowest BCUT2D eigenvalue weighted by atomic mass is 10.2. The predicted molar refractivity (Wildman–Crippen MR) is 76.4 cm³/mol. The highest BCUT2D eigenvalue weighted by molar-refractivity contribution is 6.01. The Labute approximate surface area is 118 Å². The minimum atomic E-state index is -0.0718. The summed E-state index contributed by atoms with van der Waals surface area (Å²) >= 11 is 0. The Morgan fingerprint density at radius 1 is 1.37 bits per heavy atom. The van der Waals surface area contributed by atoms with Crippen molar-refractivity contribution in [3.8, 4) is 0 Å². The molecule has 1 aromatic rings. The minimum absolute atomic E-state index is 0. The Morgan fingerprint density at radius 2 is 2.11 bits per heavy atom. The van der Waals surface area contributed by atoms with Crippen molar-refractivity contribution >= 4 is 29.9 Å². The number of hydrogen-bond donors (Lipinski definition) is 2. The summed E-state index contributed by atoms with van der Waals surface area (Å²) in [4.78, 5) is 24.8. The van der Waals surface area contributed by atoms with Gasteiger partial charge < -0.3 is 16.0 Å². The van der Waals surface area contributed by atoms with E-state index in [4.69, 9.17) is 5.73 Å². The maximum Gasteiger partial charge on any atom is 0.231 e. The van der Waals surface area contributed by atoms with E-state index in [1.165, 1.54) is 0 Å². The van der Waals surface area contributed by atoms with Crippen molar-refractivity contribution in [1.29, 1.82) is 0 Å². The fourth-order valence-corrected chi connectivity index (χ4v) is 2.09. The molecule has 1 aromatic carbocycles. The van der Waals surface area contributed by atoms with Crippen molar-refractivity contribution in [2.45, 2.75) is 12.8 Å². The fourth-order valence-electron chi connectivity index (χ4n) is 2.09. The Balaban J connectivity index is 0.00000180. The molecule has 0 unspecified atom stereocenters. The molecule has 0 fully saturated rings. The summed E-state index contributed by atoms with van der Waals surface area (Å²) in [6, 6.07) is 7.73. The lowest BCUT2D eigenvalue weighted by molar-refractivity contribution is -0.121. The van der Waals surface area contributed by atoms with E-state index in [0.717, 1.165) is 11.3 Å². The average Bonchev–Trinajstić information content (AvgIpc) is 2.66. The standard InChI is InChI=1S/C13H17N3O2.ClH/c14-6-5-12(17)15-7-8-16-11-4-2-1-3-10(11)9-13(16)18;/h1-4H,5-9,14H2,(H,15,17);1H. The first-order valence-corrected chi connectivity index (χ1v) is 6.07. The summed E-state index contributed by atoms with van der Waals surface area (Å²) in [6.45, 7) is 1.31. The van der Waals surface area contributed by atoms with E-state index in [0.29, 0.717) is 32.5 Å². The van der Waals surface area contributed by atoms with E-state index in [1.54, 1.807) is 4.90 Å². The highest BCUT2D eigenvalue weighted by Crippen LogP contribution is 2.27. The predicted octanol–water partition coefficient (Wildman–Crippen LogP) is 0.463. The molecule has 19 heavy (non-hydrogen) atoms. The molecule has 0 atom stereocenters. The first kappa shape index (κ1) is 15.5. The maximum absolute atomic E-state index is 11.8. The quantitative estimate of drug-likeness (QED) is 0.824. The molecule has 104 valence electrons. The SMILES string of the molecule is Cl.NCCC(=O)NCCN1C(=O)Cc2ccccc21. The van der Waals surface area contributed by atoms with Gasteiger partial charge in [0.15, 0.2) is 0 Å². The third-order valence-electron chi connectivity index (χ3n) is 2.95. The molecule has 1 heterocycles. The van der Waals surface area contributed by atoms with Crippen LogP contribution in [0, 0.1) is 0 Å². The summed E-state index contributed by atoms with van der Waals surface area (Å²) in [7, 11) is 0. The number of fused-ring (bicyclic) bond motifs is 1. The molecule has 0 saturated heterocycles. The summed E-state index contributed by atoms with van der Waals surface area (Å²) in [5, 5.41) is 2.75. The molecule has 1 aliphatic rings. The number of benzene rings is 1. The van der Waals surface area contributed by atoms with Crippen molar-refractivity contribution in [3.05, 3.63) is 29.8 Å². The second-order valence-electron chi connectivity index (χ2n) is 4.24. The van der Waals surface area contributed by atoms with E-state index in [9.17, 15) is 9.59 Å². The van der Waals surface area contributed by atoms with Gasteiger partial charge in [-0.05, 0) is 11.6 Å². The summed E-state index contributed by atoms with van der Waals surface area (Å²) in [5.74, 6) is 0.0155. The molecule has 3 N–H and O–H groups in total. The van der Waals surface area contributed by atoms with Crippen LogP contribution in [0.2, 0.25) is 0 Å². The van der Waals surface area contributed by atoms with Crippen LogP contribution in [0.5, 0.6) is 0 Å². The largest absolute Gasteiger partial charge is 0.354 e. The second kappa shape index (κ2) is 7.11. The van der Waals surface area contributed by atoms with Gasteiger partial charge in [0.25, 0.3) is 0 Å². The van der Waals surface area contributed by atoms with Gasteiger partial charge in [-0.1, -0.05) is 18.2 Å². The number of nitrogens with one attached hydrogen (secondary N) is 1. The number of nitrogens with two attached hydrogens (primary N) is 1. The van der Waals surface area contributed by atoms with Gasteiger partial charge in [-0.25, -0.2) is 0 Å². The first-order chi connectivity index (χ1) is 8.72. The van der Waals surface area contributed by atoms with Crippen LogP contribution in [0.3, 0.4) is 0 Å². The summed E-state index contributed by atoms with van der Waals surface area (Å²) < 4.78 is 0. The van der Waals surface area contributed by atoms with E-state index in [1.807, 2.05) is 24.3 Å². The Kier molecular flexibility index (Phi) is 5.79. The van der Waals surface area contributed by atoms with Gasteiger partial charge in [0.05, 0.1) is 6.42 Å². The Bertz CT molecular complexity index is 465. The zero-order valence-corrected chi connectivity index (χ0v) is 11.4. The average molecular weight is 284 g/mol. The highest BCUT2D eigenvalue weighted by atomic mass is 35.5. The summed E-state index contributed by atoms with van der Waals surface area (Å²) in [6.07, 6.45) is 0.775. The number of halogens is 1. The lowest BCUT2D eigenvalue weighted by Gasteiger charge is -2.17. The van der Waals surface area contributed by atoms with Gasteiger partial charge in [0.1, 0.15) is 0 Å². The van der Waals surface area contributed by atoms with Crippen LogP contribution in [0.15, 0.2) is 24.3 Å². The van der Waals surface area contributed by atoms with Gasteiger partial charge in [-0.3, -0.25) is 9.59 Å². The van der Waals surface area contributed by atoms with Crippen molar-refractivity contribution in [2.24, 2.45) is 5.73 Å². The number of nitrogens with zero attached hydrogens (tertiary/aromatic N) is 1. The monoisotopic (exact) mass is 283 g/mol. The third kappa shape index (κ3) is 3.68. The normalized spacial score (nSPS) is 12.9. The molecule has 0 saturated carbocycles. The Morgan fingerprint density at radius 3 is 2.84 bits per heavy atom. The number of anilines is 1. The molecule has 1 aliphatic heterocycles. The topological polar surface area (TPSA) is 75.4 Å². The number of carbonyl (C=O) groups excluding carboxylic acids is 2. The van der Waals surface area contributed by atoms with E-state index < -0.39 is 0 Å². The lowest BCUT2D eigenvalue weighted by Crippen LogP contribution is -2.37. The van der Waals surface area contributed by atoms with Crippen LogP contribution in [-0.4, -0.2) is 31.4 Å². The molecular weight excluding hydrogens is 266 g/mol. The zero-order chi connectivity index (χ0) is 13.0. The van der Waals surface area contributed by atoms with Crippen LogP contribution in [0.4, 0.5) is 5.69 Å².